The van der Waals surface area contributed by atoms with Gasteiger partial charge in [0.25, 0.3) is 5.91 Å². The van der Waals surface area contributed by atoms with Gasteiger partial charge in [0.2, 0.25) is 0 Å². The first-order valence-corrected chi connectivity index (χ1v) is 11.7. The third kappa shape index (κ3) is 5.41. The second-order valence-corrected chi connectivity index (χ2v) is 8.91. The lowest BCUT2D eigenvalue weighted by molar-refractivity contribution is -0.113. The average molecular weight is 420 g/mol. The lowest BCUT2D eigenvalue weighted by atomic mass is 10.1. The molecule has 0 bridgehead atoms. The topological polar surface area (TPSA) is 35.9 Å². The van der Waals surface area contributed by atoms with Gasteiger partial charge in [-0.15, -0.1) is 0 Å². The summed E-state index contributed by atoms with van der Waals surface area (Å²) in [5.41, 5.74) is 3.77. The Balaban J connectivity index is 1.31. The van der Waals surface area contributed by atoms with Crippen LogP contribution in [-0.2, 0) is 17.8 Å². The lowest BCUT2D eigenvalue weighted by Crippen LogP contribution is -2.47. The number of benzene rings is 2. The molecule has 0 saturated carbocycles. The molecule has 1 saturated heterocycles. The summed E-state index contributed by atoms with van der Waals surface area (Å²) in [6.07, 6.45) is 5.51. The van der Waals surface area contributed by atoms with E-state index in [-0.39, 0.29) is 5.91 Å². The van der Waals surface area contributed by atoms with Gasteiger partial charge in [-0.1, -0.05) is 67.9 Å². The summed E-state index contributed by atoms with van der Waals surface area (Å²) >= 11 is 1.51. The summed E-state index contributed by atoms with van der Waals surface area (Å²) in [6, 6.07) is 19.1. The summed E-state index contributed by atoms with van der Waals surface area (Å²) < 4.78 is 0. The van der Waals surface area contributed by atoms with Crippen LogP contribution < -0.4 is 0 Å². The van der Waals surface area contributed by atoms with Gasteiger partial charge < -0.3 is 4.90 Å². The van der Waals surface area contributed by atoms with E-state index < -0.39 is 0 Å². The van der Waals surface area contributed by atoms with Crippen molar-refractivity contribution in [3.05, 3.63) is 76.2 Å². The van der Waals surface area contributed by atoms with Gasteiger partial charge in [0.1, 0.15) is 0 Å². The van der Waals surface area contributed by atoms with Crippen molar-refractivity contribution in [2.75, 3.05) is 26.2 Å². The molecule has 0 spiro atoms. The smallest absolute Gasteiger partial charge is 0.286 e. The van der Waals surface area contributed by atoms with E-state index in [4.69, 9.17) is 0 Å². The second-order valence-electron chi connectivity index (χ2n) is 7.90. The van der Waals surface area contributed by atoms with E-state index in [1.165, 1.54) is 35.7 Å². The summed E-state index contributed by atoms with van der Waals surface area (Å²) in [6.45, 7) is 6.98. The van der Waals surface area contributed by atoms with Gasteiger partial charge in [0.05, 0.1) is 4.91 Å². The zero-order chi connectivity index (χ0) is 20.8. The van der Waals surface area contributed by atoms with Crippen LogP contribution in [-0.4, -0.2) is 47.1 Å². The standard InChI is InChI=1S/C25H29N3OS/c1-2-3-7-20-10-12-21(13-11-20)18-23-24(29)26-25(30-23)28-16-14-27(15-17-28)19-22-8-5-4-6-9-22/h4-6,8-13,18H,2-3,7,14-17,19H2,1H3. The Labute approximate surface area is 183 Å². The predicted molar refractivity (Wildman–Crippen MR) is 126 cm³/mol. The Hall–Kier alpha value is -2.37. The van der Waals surface area contributed by atoms with Crippen molar-refractivity contribution in [2.45, 2.75) is 32.7 Å². The van der Waals surface area contributed by atoms with Crippen LogP contribution in [0.15, 0.2) is 64.5 Å². The zero-order valence-corrected chi connectivity index (χ0v) is 18.4. The fourth-order valence-corrected chi connectivity index (χ4v) is 4.75. The molecule has 1 amide bonds. The normalized spacial score (nSPS) is 18.8. The zero-order valence-electron chi connectivity index (χ0n) is 17.6. The molecule has 4 nitrogen and oxygen atoms in total. The lowest BCUT2D eigenvalue weighted by Gasteiger charge is -2.35. The SMILES string of the molecule is CCCCc1ccc(C=C2SC(N3CCN(Cc4ccccc4)CC3)=NC2=O)cc1. The van der Waals surface area contributed by atoms with Crippen LogP contribution in [0.4, 0.5) is 0 Å². The molecule has 2 aromatic rings. The Morgan fingerprint density at radius 2 is 1.70 bits per heavy atom. The highest BCUT2D eigenvalue weighted by Crippen LogP contribution is 2.30. The highest BCUT2D eigenvalue weighted by Gasteiger charge is 2.28. The number of aryl methyl sites for hydroxylation is 1. The van der Waals surface area contributed by atoms with E-state index in [2.05, 4.69) is 76.3 Å². The maximum atomic E-state index is 12.4. The number of hydrogen-bond donors (Lipinski definition) is 0. The largest absolute Gasteiger partial charge is 0.348 e. The van der Waals surface area contributed by atoms with Gasteiger partial charge >= 0.3 is 0 Å². The first-order valence-electron chi connectivity index (χ1n) is 10.8. The maximum Gasteiger partial charge on any atom is 0.286 e. The quantitative estimate of drug-likeness (QED) is 0.629. The van der Waals surface area contributed by atoms with Crippen LogP contribution >= 0.6 is 11.8 Å². The minimum Gasteiger partial charge on any atom is -0.348 e. The molecule has 4 rings (SSSR count). The Morgan fingerprint density at radius 3 is 2.40 bits per heavy atom. The second kappa shape index (κ2) is 10.1. The molecule has 2 aromatic carbocycles. The molecule has 0 aliphatic carbocycles. The Kier molecular flexibility index (Phi) is 7.03. The number of amides is 1. The Bertz CT molecular complexity index is 913. The number of amidine groups is 1. The van der Waals surface area contributed by atoms with Crippen molar-refractivity contribution in [1.29, 1.82) is 0 Å². The van der Waals surface area contributed by atoms with Gasteiger partial charge in [0, 0.05) is 32.7 Å². The molecule has 30 heavy (non-hydrogen) atoms. The third-order valence-corrected chi connectivity index (χ3v) is 6.64. The summed E-state index contributed by atoms with van der Waals surface area (Å²) in [7, 11) is 0. The fraction of sp³-hybridized carbons (Fsp3) is 0.360. The van der Waals surface area contributed by atoms with Gasteiger partial charge in [-0.25, -0.2) is 0 Å². The van der Waals surface area contributed by atoms with Crippen LogP contribution in [0.25, 0.3) is 6.08 Å². The molecule has 0 N–H and O–H groups in total. The molecule has 156 valence electrons. The minimum absolute atomic E-state index is 0.114. The molecule has 0 radical (unpaired) electrons. The van der Waals surface area contributed by atoms with Crippen LogP contribution in [0.1, 0.15) is 36.5 Å². The minimum atomic E-state index is -0.114. The highest BCUT2D eigenvalue weighted by atomic mass is 32.2. The van der Waals surface area contributed by atoms with E-state index in [0.717, 1.165) is 54.8 Å². The van der Waals surface area contributed by atoms with Crippen molar-refractivity contribution < 1.29 is 4.79 Å². The number of carbonyl (C=O) groups is 1. The average Bonchev–Trinajstić information content (AvgIpc) is 3.14. The molecular formula is C25H29N3OS. The van der Waals surface area contributed by atoms with Crippen LogP contribution in [0, 0.1) is 0 Å². The van der Waals surface area contributed by atoms with Crippen LogP contribution in [0.5, 0.6) is 0 Å². The molecule has 0 unspecified atom stereocenters. The molecule has 5 heteroatoms. The summed E-state index contributed by atoms with van der Waals surface area (Å²) in [5.74, 6) is -0.114. The monoisotopic (exact) mass is 419 g/mol. The number of unbranched alkanes of at least 4 members (excludes halogenated alkanes) is 1. The maximum absolute atomic E-state index is 12.4. The molecule has 2 aliphatic heterocycles. The predicted octanol–water partition coefficient (Wildman–Crippen LogP) is 4.82. The van der Waals surface area contributed by atoms with Gasteiger partial charge in [-0.05, 0) is 47.4 Å². The number of aliphatic imine (C=N–C) groups is 1. The highest BCUT2D eigenvalue weighted by molar-refractivity contribution is 8.18. The van der Waals surface area contributed by atoms with E-state index in [1.807, 2.05) is 6.08 Å². The van der Waals surface area contributed by atoms with E-state index in [9.17, 15) is 4.79 Å². The molecule has 2 aliphatic rings. The number of hydrogen-bond acceptors (Lipinski definition) is 4. The number of rotatable bonds is 6. The van der Waals surface area contributed by atoms with Crippen LogP contribution in [0.2, 0.25) is 0 Å². The van der Waals surface area contributed by atoms with Gasteiger partial charge in [0.15, 0.2) is 5.17 Å². The number of carbonyl (C=O) groups excluding carboxylic acids is 1. The van der Waals surface area contributed by atoms with E-state index in [1.54, 1.807) is 0 Å². The molecule has 0 atom stereocenters. The van der Waals surface area contributed by atoms with E-state index >= 15 is 0 Å². The van der Waals surface area contributed by atoms with Crippen molar-refractivity contribution in [2.24, 2.45) is 4.99 Å². The molecule has 2 heterocycles. The first kappa shape index (κ1) is 20.9. The van der Waals surface area contributed by atoms with Crippen molar-refractivity contribution in [3.63, 3.8) is 0 Å². The fourth-order valence-electron chi connectivity index (χ4n) is 3.78. The summed E-state index contributed by atoms with van der Waals surface area (Å²) in [4.78, 5) is 22.2. The van der Waals surface area contributed by atoms with E-state index in [0.29, 0.717) is 0 Å². The number of nitrogens with zero attached hydrogens (tertiary/aromatic N) is 3. The number of piperazine rings is 1. The number of thioether (sulfide) groups is 1. The van der Waals surface area contributed by atoms with Gasteiger partial charge in [-0.3, -0.25) is 9.69 Å². The first-order chi connectivity index (χ1) is 14.7. The molecular weight excluding hydrogens is 390 g/mol. The molecule has 1 fully saturated rings. The summed E-state index contributed by atoms with van der Waals surface area (Å²) in [5, 5.41) is 0.852. The van der Waals surface area contributed by atoms with Crippen molar-refractivity contribution in [3.8, 4) is 0 Å². The third-order valence-electron chi connectivity index (χ3n) is 5.60. The molecule has 0 aromatic heterocycles. The Morgan fingerprint density at radius 1 is 0.967 bits per heavy atom. The van der Waals surface area contributed by atoms with Crippen molar-refractivity contribution >= 4 is 28.9 Å². The van der Waals surface area contributed by atoms with Crippen LogP contribution in [0.3, 0.4) is 0 Å². The van der Waals surface area contributed by atoms with Gasteiger partial charge in [-0.2, -0.15) is 4.99 Å². The van der Waals surface area contributed by atoms with Crippen molar-refractivity contribution in [1.82, 2.24) is 9.80 Å².